The maximum Gasteiger partial charge on any atom is 0.416 e. The SMILES string of the molecule is Cc1nc(/C=C/C(=O)NCC(C)(C)c2cccc(C(F)(F)F)c2)cs1. The molecule has 1 aromatic heterocycles. The summed E-state index contributed by atoms with van der Waals surface area (Å²) in [5.74, 6) is -0.314. The van der Waals surface area contributed by atoms with Crippen molar-refractivity contribution in [3.8, 4) is 0 Å². The van der Waals surface area contributed by atoms with Crippen molar-refractivity contribution in [2.45, 2.75) is 32.4 Å². The van der Waals surface area contributed by atoms with Crippen LogP contribution >= 0.6 is 11.3 Å². The van der Waals surface area contributed by atoms with Gasteiger partial charge < -0.3 is 5.32 Å². The second kappa shape index (κ2) is 7.39. The smallest absolute Gasteiger partial charge is 0.352 e. The molecule has 0 saturated heterocycles. The zero-order valence-corrected chi connectivity index (χ0v) is 15.0. The first-order valence-corrected chi connectivity index (χ1v) is 8.52. The summed E-state index contributed by atoms with van der Waals surface area (Å²) in [6, 6.07) is 5.18. The van der Waals surface area contributed by atoms with Gasteiger partial charge in [0, 0.05) is 23.4 Å². The molecule has 2 rings (SSSR count). The van der Waals surface area contributed by atoms with Crippen LogP contribution in [0, 0.1) is 6.92 Å². The number of nitrogens with zero attached hydrogens (tertiary/aromatic N) is 1. The fourth-order valence-electron chi connectivity index (χ4n) is 2.20. The number of nitrogens with one attached hydrogen (secondary N) is 1. The van der Waals surface area contributed by atoms with Crippen LogP contribution in [-0.2, 0) is 16.4 Å². The molecule has 134 valence electrons. The predicted molar refractivity (Wildman–Crippen MR) is 93.4 cm³/mol. The normalized spacial score (nSPS) is 12.6. The highest BCUT2D eigenvalue weighted by molar-refractivity contribution is 7.09. The first-order chi connectivity index (χ1) is 11.6. The van der Waals surface area contributed by atoms with E-state index in [1.165, 1.54) is 23.5 Å². The number of carbonyl (C=O) groups excluding carboxylic acids is 1. The van der Waals surface area contributed by atoms with Crippen LogP contribution in [-0.4, -0.2) is 17.4 Å². The number of hydrogen-bond acceptors (Lipinski definition) is 3. The van der Waals surface area contributed by atoms with Crippen LogP contribution in [0.3, 0.4) is 0 Å². The van der Waals surface area contributed by atoms with Gasteiger partial charge in [-0.3, -0.25) is 4.79 Å². The molecule has 25 heavy (non-hydrogen) atoms. The van der Waals surface area contributed by atoms with Gasteiger partial charge in [0.25, 0.3) is 0 Å². The Hall–Kier alpha value is -2.15. The molecule has 0 atom stereocenters. The second-order valence-corrected chi connectivity index (χ2v) is 7.37. The van der Waals surface area contributed by atoms with Gasteiger partial charge >= 0.3 is 6.18 Å². The Morgan fingerprint density at radius 3 is 2.56 bits per heavy atom. The van der Waals surface area contributed by atoms with Gasteiger partial charge in [0.05, 0.1) is 16.3 Å². The first kappa shape index (κ1) is 19.2. The molecule has 0 spiro atoms. The molecular weight excluding hydrogens is 349 g/mol. The summed E-state index contributed by atoms with van der Waals surface area (Å²) in [5.41, 5.74) is -0.109. The molecule has 3 nitrogen and oxygen atoms in total. The lowest BCUT2D eigenvalue weighted by Crippen LogP contribution is -2.36. The third kappa shape index (κ3) is 5.42. The van der Waals surface area contributed by atoms with Crippen molar-refractivity contribution in [2.24, 2.45) is 0 Å². The number of aromatic nitrogens is 1. The van der Waals surface area contributed by atoms with Gasteiger partial charge in [0.1, 0.15) is 0 Å². The van der Waals surface area contributed by atoms with Gasteiger partial charge in [-0.1, -0.05) is 32.0 Å². The van der Waals surface area contributed by atoms with E-state index in [0.717, 1.165) is 17.1 Å². The number of rotatable bonds is 5. The Kier molecular flexibility index (Phi) is 5.67. The van der Waals surface area contributed by atoms with Gasteiger partial charge in [-0.2, -0.15) is 13.2 Å². The fraction of sp³-hybridized carbons (Fsp3) is 0.333. The predicted octanol–water partition coefficient (Wildman–Crippen LogP) is 4.58. The molecule has 1 N–H and O–H groups in total. The van der Waals surface area contributed by atoms with E-state index in [4.69, 9.17) is 0 Å². The summed E-state index contributed by atoms with van der Waals surface area (Å²) in [6.07, 6.45) is -1.41. The molecule has 0 aliphatic heterocycles. The minimum absolute atomic E-state index is 0.216. The molecule has 0 aliphatic rings. The van der Waals surface area contributed by atoms with Crippen molar-refractivity contribution < 1.29 is 18.0 Å². The average molecular weight is 368 g/mol. The summed E-state index contributed by atoms with van der Waals surface area (Å²) in [7, 11) is 0. The summed E-state index contributed by atoms with van der Waals surface area (Å²) < 4.78 is 38.5. The summed E-state index contributed by atoms with van der Waals surface area (Å²) in [6.45, 7) is 5.67. The van der Waals surface area contributed by atoms with Crippen molar-refractivity contribution in [3.63, 3.8) is 0 Å². The van der Waals surface area contributed by atoms with Crippen molar-refractivity contribution >= 4 is 23.3 Å². The standard InChI is InChI=1S/C18H19F3N2OS/c1-12-23-15(10-25-12)7-8-16(24)22-11-17(2,3)13-5-4-6-14(9-13)18(19,20)21/h4-10H,11H2,1-3H3,(H,22,24)/b8-7+. The van der Waals surface area contributed by atoms with Crippen LogP contribution < -0.4 is 5.32 Å². The first-order valence-electron chi connectivity index (χ1n) is 7.64. The van der Waals surface area contributed by atoms with Crippen molar-refractivity contribution in [3.05, 3.63) is 57.6 Å². The highest BCUT2D eigenvalue weighted by atomic mass is 32.1. The van der Waals surface area contributed by atoms with Gasteiger partial charge in [-0.05, 0) is 24.6 Å². The third-order valence-electron chi connectivity index (χ3n) is 3.72. The minimum Gasteiger partial charge on any atom is -0.352 e. The van der Waals surface area contributed by atoms with Crippen LogP contribution in [0.1, 0.15) is 35.7 Å². The fourth-order valence-corrected chi connectivity index (χ4v) is 2.78. The molecule has 0 unspecified atom stereocenters. The Bertz CT molecular complexity index is 779. The number of thiazole rings is 1. The van der Waals surface area contributed by atoms with Crippen molar-refractivity contribution in [1.29, 1.82) is 0 Å². The molecule has 1 heterocycles. The maximum atomic E-state index is 12.8. The van der Waals surface area contributed by atoms with Crippen LogP contribution in [0.2, 0.25) is 0 Å². The number of hydrogen-bond donors (Lipinski definition) is 1. The number of amides is 1. The van der Waals surface area contributed by atoms with Crippen molar-refractivity contribution in [1.82, 2.24) is 10.3 Å². The molecular formula is C18H19F3N2OS. The molecule has 2 aromatic rings. The van der Waals surface area contributed by atoms with E-state index in [2.05, 4.69) is 10.3 Å². The molecule has 0 aliphatic carbocycles. The molecule has 0 fully saturated rings. The molecule has 1 amide bonds. The van der Waals surface area contributed by atoms with Gasteiger partial charge in [-0.25, -0.2) is 4.98 Å². The highest BCUT2D eigenvalue weighted by Gasteiger charge is 2.32. The monoisotopic (exact) mass is 368 g/mol. The van der Waals surface area contributed by atoms with E-state index >= 15 is 0 Å². The zero-order chi connectivity index (χ0) is 18.7. The van der Waals surface area contributed by atoms with E-state index < -0.39 is 17.2 Å². The Morgan fingerprint density at radius 2 is 1.96 bits per heavy atom. The van der Waals surface area contributed by atoms with E-state index in [9.17, 15) is 18.0 Å². The lowest BCUT2D eigenvalue weighted by molar-refractivity contribution is -0.137. The van der Waals surface area contributed by atoms with Gasteiger partial charge in [0.2, 0.25) is 5.91 Å². The quantitative estimate of drug-likeness (QED) is 0.785. The van der Waals surface area contributed by atoms with Crippen LogP contribution in [0.15, 0.2) is 35.7 Å². The summed E-state index contributed by atoms with van der Waals surface area (Å²) >= 11 is 1.49. The lowest BCUT2D eigenvalue weighted by Gasteiger charge is -2.26. The van der Waals surface area contributed by atoms with E-state index in [1.807, 2.05) is 12.3 Å². The van der Waals surface area contributed by atoms with Crippen molar-refractivity contribution in [2.75, 3.05) is 6.54 Å². The van der Waals surface area contributed by atoms with E-state index in [0.29, 0.717) is 11.3 Å². The summed E-state index contributed by atoms with van der Waals surface area (Å²) in [4.78, 5) is 16.1. The third-order valence-corrected chi connectivity index (χ3v) is 4.51. The largest absolute Gasteiger partial charge is 0.416 e. The topological polar surface area (TPSA) is 42.0 Å². The average Bonchev–Trinajstić information content (AvgIpc) is 2.96. The number of benzene rings is 1. The Labute approximate surface area is 148 Å². The number of aryl methyl sites for hydroxylation is 1. The highest BCUT2D eigenvalue weighted by Crippen LogP contribution is 2.32. The molecule has 0 saturated carbocycles. The molecule has 7 heteroatoms. The number of halogens is 3. The van der Waals surface area contributed by atoms with Gasteiger partial charge in [-0.15, -0.1) is 11.3 Å². The molecule has 0 radical (unpaired) electrons. The van der Waals surface area contributed by atoms with Gasteiger partial charge in [0.15, 0.2) is 0 Å². The summed E-state index contributed by atoms with van der Waals surface area (Å²) in [5, 5.41) is 5.47. The number of alkyl halides is 3. The van der Waals surface area contributed by atoms with Crippen LogP contribution in [0.4, 0.5) is 13.2 Å². The lowest BCUT2D eigenvalue weighted by atomic mass is 9.83. The van der Waals surface area contributed by atoms with E-state index in [-0.39, 0.29) is 12.5 Å². The van der Waals surface area contributed by atoms with Crippen LogP contribution in [0.5, 0.6) is 0 Å². The minimum atomic E-state index is -4.39. The van der Waals surface area contributed by atoms with Crippen LogP contribution in [0.25, 0.3) is 6.08 Å². The molecule has 1 aromatic carbocycles. The Morgan fingerprint density at radius 1 is 1.28 bits per heavy atom. The zero-order valence-electron chi connectivity index (χ0n) is 14.1. The number of carbonyl (C=O) groups is 1. The van der Waals surface area contributed by atoms with E-state index in [1.54, 1.807) is 26.0 Å². The molecule has 0 bridgehead atoms. The maximum absolute atomic E-state index is 12.8. The second-order valence-electron chi connectivity index (χ2n) is 6.30. The Balaban J connectivity index is 2.01.